The van der Waals surface area contributed by atoms with E-state index in [-0.39, 0.29) is 59.9 Å². The first-order chi connectivity index (χ1) is 65.7. The largest absolute Gasteiger partial charge is 0.446 e. The van der Waals surface area contributed by atoms with Crippen molar-refractivity contribution in [1.82, 2.24) is 9.55 Å². The number of morpholine rings is 1. The highest BCUT2D eigenvalue weighted by Gasteiger charge is 2.34. The molecule has 0 radical (unpaired) electrons. The van der Waals surface area contributed by atoms with Crippen LogP contribution < -0.4 is 78.8 Å². The summed E-state index contributed by atoms with van der Waals surface area (Å²) in [5, 5.41) is 90.1. The number of fused-ring (bicyclic) bond motifs is 9. The Hall–Kier alpha value is -12.1. The number of para-hydroxylation sites is 2. The zero-order valence-electron chi connectivity index (χ0n) is 77.3. The van der Waals surface area contributed by atoms with Crippen molar-refractivity contribution in [3.05, 3.63) is 333 Å². The van der Waals surface area contributed by atoms with Crippen LogP contribution in [0, 0.1) is 10.1 Å². The number of benzene rings is 11. The van der Waals surface area contributed by atoms with E-state index >= 15 is 0 Å². The standard InChI is InChI=1S/C18H21BN2O.C17H20BN3O.C16H14BNO.C16H15BO2.C12H16BNO2.C10H14BNO.C8H8BNO3.C8H10BNO/c22-19-9-8-15-6-7-17(14-18(15)19)21-12-10-20(11-13-21)16-4-2-1-3-5-16;22-18-7-6-14-4-5-15(13-16(14)18)20-9-11-21(12-10-20)17-3-1-2-8-19-17;19-17-9-7-12-5-6-14(11-15(12)17)18-10-8-13-3-1-2-4-16(13)18;18-16(14-4-2-1-3-5-14)11-12-6-7-13-8-9-17(19)15(13)10-12;15-13-4-3-10-1-2-11(9-12(10)13)14-5-7-16-8-6-14;1-12(2)9-4-3-8-5-6-11(13)10(8)7-9;11-9-4-3-6-1-2-7(10(12)13)5-8(6)9;10-7-2-1-6-3-4-9(11)8(6)5-7/h1-7,14,22H,8-13H2;1-5,8,13,22H,6-7,9-12H2;1-6,8,10-11,19H,7,9H2;1-7,10,19H,8-9,11H2;1-2,9,15H,3-8H2;3-4,7,13H,5-6H2,1-2H3;1-2,5,11H,3-4H2;1-2,5,11H,3-4,10H2. The smallest absolute Gasteiger partial charge is 0.324 e. The number of hydrogen-bond donors (Lipinski definition) is 9. The number of nitrogen functional groups attached to an aromatic ring is 1. The number of carbonyl (C=O) groups is 1. The number of aromatic nitrogens is 2. The Labute approximate surface area is 795 Å². The van der Waals surface area contributed by atoms with Gasteiger partial charge < -0.3 is 84.6 Å². The Morgan fingerprint density at radius 2 is 0.748 bits per heavy atom. The molecule has 0 aliphatic carbocycles. The molecule has 24 rings (SSSR count). The summed E-state index contributed by atoms with van der Waals surface area (Å²) in [6, 6.07) is 85.4. The lowest BCUT2D eigenvalue weighted by Gasteiger charge is -2.37. The fraction of sp³-hybridized carbons (Fsp3) is 0.295. The topological polar surface area (TPSA) is 295 Å². The second kappa shape index (κ2) is 44.2. The van der Waals surface area contributed by atoms with Gasteiger partial charge in [0.2, 0.25) is 0 Å². The number of aryl methyl sites for hydroxylation is 8. The second-order valence-corrected chi connectivity index (χ2v) is 37.2. The summed E-state index contributed by atoms with van der Waals surface area (Å²) in [5.74, 6) is 1.18. The number of nitrogens with two attached hydrogens (primary N) is 1. The van der Waals surface area contributed by atoms with Gasteiger partial charge in [0, 0.05) is 156 Å². The number of non-ortho nitro benzene ring substituents is 1. The van der Waals surface area contributed by atoms with Crippen LogP contribution in [0.3, 0.4) is 0 Å². The lowest BCUT2D eigenvalue weighted by atomic mass is 9.63. The fourth-order valence-electron chi connectivity index (χ4n) is 20.5. The van der Waals surface area contributed by atoms with Crippen molar-refractivity contribution in [2.24, 2.45) is 0 Å². The number of hydrogen-bond acceptors (Lipinski definition) is 20. The number of Topliss-reactive ketones (excluding diaryl/α,β-unsaturated/α-hetero) is 1. The normalized spacial score (nSPS) is 16.1. The van der Waals surface area contributed by atoms with Crippen LogP contribution in [0.2, 0.25) is 50.6 Å². The molecule has 684 valence electrons. The highest BCUT2D eigenvalue weighted by atomic mass is 16.6. The summed E-state index contributed by atoms with van der Waals surface area (Å²) in [7, 11) is 4.03. The van der Waals surface area contributed by atoms with E-state index in [0.717, 1.165) is 246 Å². The molecule has 0 saturated carbocycles. The number of piperazine rings is 2. The fourth-order valence-corrected chi connectivity index (χ4v) is 20.5. The van der Waals surface area contributed by atoms with Crippen molar-refractivity contribution in [2.45, 2.75) is 108 Å². The monoisotopic (exact) mass is 1800 g/mol. The number of nitrogens with zero attached hydrogens (tertiary/aromatic N) is 9. The maximum atomic E-state index is 12.1. The molecule has 0 amide bonds. The van der Waals surface area contributed by atoms with E-state index < -0.39 is 11.8 Å². The second-order valence-electron chi connectivity index (χ2n) is 37.2. The van der Waals surface area contributed by atoms with Crippen LogP contribution in [0.5, 0.6) is 0 Å². The van der Waals surface area contributed by atoms with Crippen molar-refractivity contribution in [3.8, 4) is 5.69 Å². The molecule has 30 heteroatoms. The minimum absolute atomic E-state index is 0.0553. The Morgan fingerprint density at radius 3 is 1.21 bits per heavy atom. The number of pyridine rings is 1. The summed E-state index contributed by atoms with van der Waals surface area (Å²) in [5.41, 5.74) is 35.0. The number of carbonyl (C=O) groups excluding carboxylic acids is 1. The van der Waals surface area contributed by atoms with Crippen LogP contribution in [0.25, 0.3) is 16.6 Å². The maximum Gasteiger partial charge on any atom is 0.324 e. The molecule has 0 spiro atoms. The third kappa shape index (κ3) is 23.0. The summed E-state index contributed by atoms with van der Waals surface area (Å²) in [6.45, 7) is 9.13. The summed E-state index contributed by atoms with van der Waals surface area (Å²) < 4.78 is 7.53. The SMILES string of the molecule is CN(C)c1ccc2c(c1)B(O)CC2.Nc1ccc2c(c1)B(O)CC2.O=C(Cc1ccc2c(c1)B(O)CC2)c1ccccc1.O=[N+]([O-])c1ccc2c(c1)B(O)CC2.OB1CCc2ccc(-n3ccc4ccccc43)cc21.OB1CCc2ccc(N3CCN(c4ccccc4)CC3)cc21.OB1CCc2ccc(N3CCN(c4ccccn4)CC3)cc21.OB1CCc2ccc(N3CCOCC3)cc21. The minimum Gasteiger partial charge on any atom is -0.446 e. The van der Waals surface area contributed by atoms with Gasteiger partial charge in [0.25, 0.3) is 5.69 Å². The van der Waals surface area contributed by atoms with E-state index in [1.54, 1.807) is 6.07 Å². The molecule has 22 nitrogen and oxygen atoms in total. The highest BCUT2D eigenvalue weighted by molar-refractivity contribution is 6.71. The molecule has 2 aromatic heterocycles. The van der Waals surface area contributed by atoms with Crippen LogP contribution in [-0.4, -0.2) is 209 Å². The number of nitro benzene ring substituents is 1. The molecule has 135 heavy (non-hydrogen) atoms. The average Bonchev–Trinajstić information content (AvgIpc) is 1.64. The third-order valence-corrected chi connectivity index (χ3v) is 28.4. The number of rotatable bonds is 11. The number of ether oxygens (including phenoxy) is 1. The van der Waals surface area contributed by atoms with Gasteiger partial charge in [0.15, 0.2) is 5.78 Å². The van der Waals surface area contributed by atoms with Crippen LogP contribution in [0.15, 0.2) is 267 Å². The lowest BCUT2D eigenvalue weighted by Crippen LogP contribution is -2.47. The molecule has 0 bridgehead atoms. The number of ketones is 1. The van der Waals surface area contributed by atoms with Gasteiger partial charge in [0.05, 0.1) is 23.7 Å². The molecule has 10 N–H and O–H groups in total. The van der Waals surface area contributed by atoms with Crippen LogP contribution >= 0.6 is 0 Å². The quantitative estimate of drug-likeness (QED) is 0.0193. The molecule has 3 saturated heterocycles. The minimum atomic E-state index is -0.519. The van der Waals surface area contributed by atoms with E-state index in [2.05, 4.69) is 203 Å². The lowest BCUT2D eigenvalue weighted by molar-refractivity contribution is -0.384. The van der Waals surface area contributed by atoms with Gasteiger partial charge in [-0.05, 0) is 266 Å². The van der Waals surface area contributed by atoms with Crippen molar-refractivity contribution in [1.29, 1.82) is 0 Å². The summed E-state index contributed by atoms with van der Waals surface area (Å²) >= 11 is 0. The van der Waals surface area contributed by atoms with Gasteiger partial charge in [-0.1, -0.05) is 178 Å². The van der Waals surface area contributed by atoms with E-state index in [4.69, 9.17) is 10.5 Å². The Balaban J connectivity index is 0.000000108. The van der Waals surface area contributed by atoms with Gasteiger partial charge in [-0.2, -0.15) is 0 Å². The van der Waals surface area contributed by atoms with Gasteiger partial charge in [-0.25, -0.2) is 4.98 Å². The van der Waals surface area contributed by atoms with E-state index in [9.17, 15) is 55.1 Å². The van der Waals surface area contributed by atoms with Crippen LogP contribution in [0.4, 0.5) is 45.6 Å². The van der Waals surface area contributed by atoms with Crippen molar-refractivity contribution in [2.75, 3.05) is 128 Å². The Morgan fingerprint density at radius 1 is 0.378 bits per heavy atom. The van der Waals surface area contributed by atoms with E-state index in [1.807, 2.05) is 99.2 Å². The maximum absolute atomic E-state index is 12.1. The first-order valence-electron chi connectivity index (χ1n) is 48.1. The van der Waals surface area contributed by atoms with Gasteiger partial charge in [-0.3, -0.25) is 14.9 Å². The predicted octanol–water partition coefficient (Wildman–Crippen LogP) is 8.28. The van der Waals surface area contributed by atoms with Gasteiger partial charge in [0.1, 0.15) is 5.82 Å². The molecular weight excluding hydrogens is 1680 g/mol. The van der Waals surface area contributed by atoms with Crippen molar-refractivity contribution < 1.29 is 54.6 Å². The molecule has 0 atom stereocenters. The van der Waals surface area contributed by atoms with Crippen LogP contribution in [0.1, 0.15) is 60.4 Å². The number of nitro groups is 1. The molecule has 0 unspecified atom stereocenters. The van der Waals surface area contributed by atoms with Gasteiger partial charge >= 0.3 is 55.3 Å². The average molecular weight is 1800 g/mol. The molecular formula is C105H118B8N10O12. The highest BCUT2D eigenvalue weighted by Crippen LogP contribution is 2.30. The molecule has 11 aliphatic rings. The number of anilines is 7. The molecule has 13 heterocycles. The van der Waals surface area contributed by atoms with Crippen molar-refractivity contribution in [3.63, 3.8) is 0 Å². The van der Waals surface area contributed by atoms with E-state index in [1.165, 1.54) is 90.4 Å². The predicted molar refractivity (Wildman–Crippen MR) is 560 cm³/mol. The van der Waals surface area contributed by atoms with Crippen molar-refractivity contribution >= 4 is 161 Å². The summed E-state index contributed by atoms with van der Waals surface area (Å²) in [4.78, 5) is 40.6. The summed E-state index contributed by atoms with van der Waals surface area (Å²) in [6.07, 6.45) is 18.8. The first-order valence-corrected chi connectivity index (χ1v) is 48.1. The van der Waals surface area contributed by atoms with E-state index in [0.29, 0.717) is 18.2 Å². The van der Waals surface area contributed by atoms with Gasteiger partial charge in [-0.15, -0.1) is 0 Å². The zero-order valence-corrected chi connectivity index (χ0v) is 77.3. The Kier molecular flexibility index (Phi) is 31.0. The molecule has 11 aromatic carbocycles. The molecule has 11 aliphatic heterocycles. The Bertz CT molecular complexity index is 6140. The zero-order chi connectivity index (χ0) is 93.6. The molecule has 13 aromatic rings. The first kappa shape index (κ1) is 94.7. The van der Waals surface area contributed by atoms with Crippen LogP contribution in [-0.2, 0) is 62.5 Å². The third-order valence-electron chi connectivity index (χ3n) is 28.4. The molecule has 3 fully saturated rings.